The second-order valence-corrected chi connectivity index (χ2v) is 8.62. The molecule has 5 rings (SSSR count). The van der Waals surface area contributed by atoms with Gasteiger partial charge in [-0.3, -0.25) is 9.69 Å². The van der Waals surface area contributed by atoms with Crippen molar-refractivity contribution >= 4 is 28.4 Å². The van der Waals surface area contributed by atoms with Crippen LogP contribution in [-0.4, -0.2) is 51.9 Å². The monoisotopic (exact) mass is 416 g/mol. The van der Waals surface area contributed by atoms with E-state index in [1.54, 1.807) is 0 Å². The van der Waals surface area contributed by atoms with Gasteiger partial charge in [0.1, 0.15) is 11.6 Å². The Hall–Kier alpha value is -3.06. The lowest BCUT2D eigenvalue weighted by molar-refractivity contribution is -0.120. The zero-order valence-corrected chi connectivity index (χ0v) is 17.9. The third-order valence-corrected chi connectivity index (χ3v) is 6.42. The number of anilines is 2. The van der Waals surface area contributed by atoms with Gasteiger partial charge in [0.2, 0.25) is 5.91 Å². The second-order valence-electron chi connectivity index (χ2n) is 8.62. The SMILES string of the molecule is Cc1nc(N)c2ccc([C@@H]3CCCN(CC(=O)N4CCCc5ccccc54)C3)nc2n1. The number of fused-ring (bicyclic) bond motifs is 2. The number of likely N-dealkylation sites (tertiary alicyclic amines) is 1. The van der Waals surface area contributed by atoms with Crippen molar-refractivity contribution in [1.82, 2.24) is 19.9 Å². The normalized spacial score (nSPS) is 19.4. The number of aryl methyl sites for hydroxylation is 2. The van der Waals surface area contributed by atoms with Crippen molar-refractivity contribution in [2.75, 3.05) is 36.8 Å². The van der Waals surface area contributed by atoms with Gasteiger partial charge >= 0.3 is 0 Å². The van der Waals surface area contributed by atoms with E-state index in [-0.39, 0.29) is 11.8 Å². The summed E-state index contributed by atoms with van der Waals surface area (Å²) in [6.07, 6.45) is 4.19. The van der Waals surface area contributed by atoms with E-state index in [2.05, 4.69) is 33.1 Å². The summed E-state index contributed by atoms with van der Waals surface area (Å²) in [5.74, 6) is 1.58. The van der Waals surface area contributed by atoms with Crippen molar-refractivity contribution in [2.24, 2.45) is 0 Å². The second kappa shape index (κ2) is 8.23. The van der Waals surface area contributed by atoms with Gasteiger partial charge in [0.05, 0.1) is 11.9 Å². The van der Waals surface area contributed by atoms with Gasteiger partial charge in [-0.25, -0.2) is 15.0 Å². The lowest BCUT2D eigenvalue weighted by Gasteiger charge is -2.35. The van der Waals surface area contributed by atoms with Gasteiger partial charge < -0.3 is 10.6 Å². The molecule has 2 N–H and O–H groups in total. The quantitative estimate of drug-likeness (QED) is 0.706. The topological polar surface area (TPSA) is 88.2 Å². The Morgan fingerprint density at radius 1 is 1.10 bits per heavy atom. The summed E-state index contributed by atoms with van der Waals surface area (Å²) in [7, 11) is 0. The first-order valence-electron chi connectivity index (χ1n) is 11.1. The number of hydrogen-bond donors (Lipinski definition) is 1. The third kappa shape index (κ3) is 3.97. The van der Waals surface area contributed by atoms with Crippen LogP contribution >= 0.6 is 0 Å². The van der Waals surface area contributed by atoms with E-state index in [4.69, 9.17) is 10.7 Å². The molecule has 4 heterocycles. The van der Waals surface area contributed by atoms with E-state index in [9.17, 15) is 4.79 Å². The summed E-state index contributed by atoms with van der Waals surface area (Å²) in [5.41, 5.74) is 10.1. The summed E-state index contributed by atoms with van der Waals surface area (Å²) in [6.45, 7) is 4.86. The molecule has 0 saturated carbocycles. The van der Waals surface area contributed by atoms with Crippen LogP contribution in [0.15, 0.2) is 36.4 Å². The number of nitrogens with two attached hydrogens (primary N) is 1. The minimum Gasteiger partial charge on any atom is -0.383 e. The van der Waals surface area contributed by atoms with Crippen LogP contribution < -0.4 is 10.6 Å². The van der Waals surface area contributed by atoms with Crippen molar-refractivity contribution in [3.8, 4) is 0 Å². The molecular formula is C24H28N6O. The number of rotatable bonds is 3. The highest BCUT2D eigenvalue weighted by molar-refractivity contribution is 5.96. The number of amides is 1. The Labute approximate surface area is 182 Å². The molecule has 2 aliphatic rings. The number of piperidine rings is 1. The summed E-state index contributed by atoms with van der Waals surface area (Å²) in [5, 5.41) is 0.793. The van der Waals surface area contributed by atoms with E-state index >= 15 is 0 Å². The lowest BCUT2D eigenvalue weighted by atomic mass is 9.94. The zero-order chi connectivity index (χ0) is 21.4. The Balaban J connectivity index is 1.31. The van der Waals surface area contributed by atoms with Gasteiger partial charge in [-0.15, -0.1) is 0 Å². The van der Waals surface area contributed by atoms with Crippen molar-refractivity contribution in [3.05, 3.63) is 53.5 Å². The van der Waals surface area contributed by atoms with Crippen LogP contribution in [0.1, 0.15) is 42.3 Å². The first-order valence-corrected chi connectivity index (χ1v) is 11.1. The molecular weight excluding hydrogens is 388 g/mol. The lowest BCUT2D eigenvalue weighted by Crippen LogP contribution is -2.45. The van der Waals surface area contributed by atoms with Crippen LogP contribution in [-0.2, 0) is 11.2 Å². The van der Waals surface area contributed by atoms with Gasteiger partial charge in [0.15, 0.2) is 5.65 Å². The Morgan fingerprint density at radius 2 is 1.97 bits per heavy atom. The van der Waals surface area contributed by atoms with Crippen LogP contribution in [0.4, 0.5) is 11.5 Å². The highest BCUT2D eigenvalue weighted by Gasteiger charge is 2.28. The summed E-state index contributed by atoms with van der Waals surface area (Å²) < 4.78 is 0. The fraction of sp³-hybridized carbons (Fsp3) is 0.417. The van der Waals surface area contributed by atoms with Gasteiger partial charge in [0, 0.05) is 30.4 Å². The first kappa shape index (κ1) is 19.9. The summed E-state index contributed by atoms with van der Waals surface area (Å²) >= 11 is 0. The average Bonchev–Trinajstić information content (AvgIpc) is 2.78. The average molecular weight is 417 g/mol. The molecule has 3 aromatic rings. The van der Waals surface area contributed by atoms with E-state index in [1.807, 2.05) is 30.0 Å². The molecule has 0 radical (unpaired) electrons. The van der Waals surface area contributed by atoms with E-state index < -0.39 is 0 Å². The maximum atomic E-state index is 13.2. The Bertz CT molecular complexity index is 1130. The minimum atomic E-state index is 0.190. The third-order valence-electron chi connectivity index (χ3n) is 6.42. The Morgan fingerprint density at radius 3 is 2.87 bits per heavy atom. The predicted molar refractivity (Wildman–Crippen MR) is 122 cm³/mol. The fourth-order valence-electron chi connectivity index (χ4n) is 4.90. The highest BCUT2D eigenvalue weighted by Crippen LogP contribution is 2.29. The molecule has 7 nitrogen and oxygen atoms in total. The molecule has 2 aliphatic heterocycles. The minimum absolute atomic E-state index is 0.190. The van der Waals surface area contributed by atoms with Crippen molar-refractivity contribution < 1.29 is 4.79 Å². The molecule has 0 aliphatic carbocycles. The molecule has 0 spiro atoms. The molecule has 1 fully saturated rings. The van der Waals surface area contributed by atoms with Gasteiger partial charge in [-0.2, -0.15) is 0 Å². The molecule has 0 bridgehead atoms. The van der Waals surface area contributed by atoms with Gasteiger partial charge in [-0.05, 0) is 62.9 Å². The van der Waals surface area contributed by atoms with Crippen molar-refractivity contribution in [1.29, 1.82) is 0 Å². The van der Waals surface area contributed by atoms with E-state index in [0.717, 1.165) is 62.1 Å². The molecule has 1 atom stereocenters. The van der Waals surface area contributed by atoms with Gasteiger partial charge in [0.25, 0.3) is 0 Å². The standard InChI is InChI=1S/C24H28N6O/c1-16-26-23(25)19-10-11-20(28-24(19)27-16)18-8-4-12-29(14-18)15-22(31)30-13-5-7-17-6-2-3-9-21(17)30/h2-3,6,9-11,18H,4-5,7-8,12-15H2,1H3,(H2,25,26,27,28)/t18-/m1/s1. The number of carbonyl (C=O) groups is 1. The fourth-order valence-corrected chi connectivity index (χ4v) is 4.90. The van der Waals surface area contributed by atoms with Crippen LogP contribution in [0.3, 0.4) is 0 Å². The largest absolute Gasteiger partial charge is 0.383 e. The molecule has 2 aromatic heterocycles. The van der Waals surface area contributed by atoms with Crippen LogP contribution in [0.2, 0.25) is 0 Å². The smallest absolute Gasteiger partial charge is 0.241 e. The maximum Gasteiger partial charge on any atom is 0.241 e. The maximum absolute atomic E-state index is 13.2. The van der Waals surface area contributed by atoms with E-state index in [1.165, 1.54) is 5.56 Å². The number of hydrogen-bond acceptors (Lipinski definition) is 6. The number of para-hydroxylation sites is 1. The number of nitrogens with zero attached hydrogens (tertiary/aromatic N) is 5. The number of aromatic nitrogens is 3. The van der Waals surface area contributed by atoms with Crippen LogP contribution in [0.25, 0.3) is 11.0 Å². The predicted octanol–water partition coefficient (Wildman–Crippen LogP) is 3.07. The van der Waals surface area contributed by atoms with E-state index in [0.29, 0.717) is 23.8 Å². The van der Waals surface area contributed by atoms with Gasteiger partial charge in [-0.1, -0.05) is 18.2 Å². The van der Waals surface area contributed by atoms with Crippen LogP contribution in [0, 0.1) is 6.92 Å². The number of nitrogen functional groups attached to an aromatic ring is 1. The molecule has 1 saturated heterocycles. The first-order chi connectivity index (χ1) is 15.1. The number of pyridine rings is 1. The van der Waals surface area contributed by atoms with Crippen LogP contribution in [0.5, 0.6) is 0 Å². The molecule has 31 heavy (non-hydrogen) atoms. The molecule has 1 amide bonds. The number of benzene rings is 1. The Kier molecular flexibility index (Phi) is 5.28. The van der Waals surface area contributed by atoms with Crippen molar-refractivity contribution in [2.45, 2.75) is 38.5 Å². The number of carbonyl (C=O) groups excluding carboxylic acids is 1. The molecule has 7 heteroatoms. The summed E-state index contributed by atoms with van der Waals surface area (Å²) in [4.78, 5) is 30.9. The zero-order valence-electron chi connectivity index (χ0n) is 17.9. The summed E-state index contributed by atoms with van der Waals surface area (Å²) in [6, 6.07) is 12.3. The molecule has 0 unspecified atom stereocenters. The highest BCUT2D eigenvalue weighted by atomic mass is 16.2. The van der Waals surface area contributed by atoms with Crippen molar-refractivity contribution in [3.63, 3.8) is 0 Å². The molecule has 1 aromatic carbocycles. The molecule has 160 valence electrons.